The predicted molar refractivity (Wildman–Crippen MR) is 61.9 cm³/mol. The van der Waals surface area contributed by atoms with E-state index in [0.29, 0.717) is 13.1 Å². The first-order valence-electron chi connectivity index (χ1n) is 5.09. The summed E-state index contributed by atoms with van der Waals surface area (Å²) in [6, 6.07) is 5.75. The Labute approximate surface area is 90.9 Å². The Balaban J connectivity index is 2.87. The molecule has 0 aromatic heterocycles. The third kappa shape index (κ3) is 2.80. The molecular formula is C12H18N2O. The number of hydrogen-bond acceptors (Lipinski definition) is 2. The molecule has 0 fully saturated rings. The summed E-state index contributed by atoms with van der Waals surface area (Å²) < 4.78 is 0. The van der Waals surface area contributed by atoms with E-state index in [-0.39, 0.29) is 5.91 Å². The van der Waals surface area contributed by atoms with Crippen molar-refractivity contribution in [2.24, 2.45) is 5.73 Å². The molecule has 0 radical (unpaired) electrons. The molecule has 0 atom stereocenters. The number of likely N-dealkylation sites (N-methyl/N-ethyl adjacent to an activating group) is 1. The van der Waals surface area contributed by atoms with E-state index >= 15 is 0 Å². The van der Waals surface area contributed by atoms with E-state index in [1.807, 2.05) is 32.0 Å². The monoisotopic (exact) mass is 206 g/mol. The zero-order valence-electron chi connectivity index (χ0n) is 9.58. The highest BCUT2D eigenvalue weighted by molar-refractivity contribution is 5.94. The van der Waals surface area contributed by atoms with Crippen molar-refractivity contribution in [3.63, 3.8) is 0 Å². The summed E-state index contributed by atoms with van der Waals surface area (Å²) in [7, 11) is 1.77. The lowest BCUT2D eigenvalue weighted by atomic mass is 10.1. The highest BCUT2D eigenvalue weighted by atomic mass is 16.2. The van der Waals surface area contributed by atoms with Crippen molar-refractivity contribution >= 4 is 5.91 Å². The van der Waals surface area contributed by atoms with Gasteiger partial charge in [0.1, 0.15) is 0 Å². The third-order valence-corrected chi connectivity index (χ3v) is 2.57. The molecule has 1 amide bonds. The number of hydrogen-bond donors (Lipinski definition) is 1. The molecule has 0 bridgehead atoms. The van der Waals surface area contributed by atoms with Crippen LogP contribution in [0.3, 0.4) is 0 Å². The first kappa shape index (κ1) is 11.7. The molecule has 1 rings (SSSR count). The normalized spacial score (nSPS) is 10.1. The molecular weight excluding hydrogens is 188 g/mol. The minimum absolute atomic E-state index is 0.0311. The highest BCUT2D eigenvalue weighted by Crippen LogP contribution is 2.11. The lowest BCUT2D eigenvalue weighted by Gasteiger charge is -2.16. The molecule has 0 aliphatic heterocycles. The maximum atomic E-state index is 11.9. The average molecular weight is 206 g/mol. The Morgan fingerprint density at radius 3 is 2.53 bits per heavy atom. The summed E-state index contributed by atoms with van der Waals surface area (Å²) in [6.45, 7) is 5.13. The molecule has 1 aromatic carbocycles. The molecule has 0 aliphatic carbocycles. The second kappa shape index (κ2) is 4.94. The molecule has 3 nitrogen and oxygen atoms in total. The van der Waals surface area contributed by atoms with Crippen LogP contribution in [0.2, 0.25) is 0 Å². The zero-order valence-corrected chi connectivity index (χ0v) is 9.58. The maximum Gasteiger partial charge on any atom is 0.253 e. The zero-order chi connectivity index (χ0) is 11.4. The molecule has 0 saturated heterocycles. The standard InChI is InChI=1S/C12H18N2O/c1-9-4-5-11(8-10(9)2)12(15)14(3)7-6-13/h4-5,8H,6-7,13H2,1-3H3. The average Bonchev–Trinajstić information content (AvgIpc) is 2.21. The summed E-state index contributed by atoms with van der Waals surface area (Å²) in [4.78, 5) is 13.5. The molecule has 0 heterocycles. The van der Waals surface area contributed by atoms with Crippen molar-refractivity contribution < 1.29 is 4.79 Å². The van der Waals surface area contributed by atoms with Crippen LogP contribution >= 0.6 is 0 Å². The van der Waals surface area contributed by atoms with Crippen LogP contribution in [-0.2, 0) is 0 Å². The smallest absolute Gasteiger partial charge is 0.253 e. The lowest BCUT2D eigenvalue weighted by Crippen LogP contribution is -2.31. The fourth-order valence-corrected chi connectivity index (χ4v) is 1.39. The van der Waals surface area contributed by atoms with Gasteiger partial charge < -0.3 is 10.6 Å². The van der Waals surface area contributed by atoms with Gasteiger partial charge in [-0.1, -0.05) is 6.07 Å². The summed E-state index contributed by atoms with van der Waals surface area (Å²) in [5, 5.41) is 0. The predicted octanol–water partition coefficient (Wildman–Crippen LogP) is 1.33. The third-order valence-electron chi connectivity index (χ3n) is 2.57. The molecule has 82 valence electrons. The van der Waals surface area contributed by atoms with Gasteiger partial charge in [0, 0.05) is 25.7 Å². The van der Waals surface area contributed by atoms with E-state index in [0.717, 1.165) is 11.1 Å². The van der Waals surface area contributed by atoms with Crippen molar-refractivity contribution in [3.05, 3.63) is 34.9 Å². The van der Waals surface area contributed by atoms with Gasteiger partial charge in [-0.15, -0.1) is 0 Å². The summed E-state index contributed by atoms with van der Waals surface area (Å²) in [6.07, 6.45) is 0. The minimum Gasteiger partial charge on any atom is -0.340 e. The van der Waals surface area contributed by atoms with E-state index < -0.39 is 0 Å². The van der Waals surface area contributed by atoms with Crippen LogP contribution in [0.25, 0.3) is 0 Å². The maximum absolute atomic E-state index is 11.9. The van der Waals surface area contributed by atoms with Crippen molar-refractivity contribution in [3.8, 4) is 0 Å². The van der Waals surface area contributed by atoms with Crippen LogP contribution < -0.4 is 5.73 Å². The van der Waals surface area contributed by atoms with Crippen LogP contribution in [0.1, 0.15) is 21.5 Å². The molecule has 1 aromatic rings. The van der Waals surface area contributed by atoms with Crippen molar-refractivity contribution in [1.82, 2.24) is 4.90 Å². The van der Waals surface area contributed by atoms with Gasteiger partial charge in [-0.05, 0) is 37.1 Å². The fraction of sp³-hybridized carbons (Fsp3) is 0.417. The number of carbonyl (C=O) groups excluding carboxylic acids is 1. The molecule has 0 aliphatic rings. The van der Waals surface area contributed by atoms with Crippen molar-refractivity contribution in [1.29, 1.82) is 0 Å². The Bertz CT molecular complexity index is 361. The Morgan fingerprint density at radius 2 is 2.00 bits per heavy atom. The second-order valence-electron chi connectivity index (χ2n) is 3.81. The van der Waals surface area contributed by atoms with Crippen LogP contribution in [0.5, 0.6) is 0 Å². The number of nitrogens with two attached hydrogens (primary N) is 1. The first-order valence-corrected chi connectivity index (χ1v) is 5.09. The number of rotatable bonds is 3. The van der Waals surface area contributed by atoms with Gasteiger partial charge in [0.05, 0.1) is 0 Å². The van der Waals surface area contributed by atoms with Crippen LogP contribution in [0.15, 0.2) is 18.2 Å². The topological polar surface area (TPSA) is 46.3 Å². The van der Waals surface area contributed by atoms with Gasteiger partial charge in [-0.2, -0.15) is 0 Å². The molecule has 15 heavy (non-hydrogen) atoms. The van der Waals surface area contributed by atoms with Gasteiger partial charge in [-0.3, -0.25) is 4.79 Å². The molecule has 0 saturated carbocycles. The minimum atomic E-state index is 0.0311. The Hall–Kier alpha value is -1.35. The molecule has 0 spiro atoms. The van der Waals surface area contributed by atoms with Gasteiger partial charge in [0.15, 0.2) is 0 Å². The van der Waals surface area contributed by atoms with Gasteiger partial charge in [0.25, 0.3) is 5.91 Å². The van der Waals surface area contributed by atoms with Gasteiger partial charge >= 0.3 is 0 Å². The van der Waals surface area contributed by atoms with Crippen LogP contribution in [-0.4, -0.2) is 30.9 Å². The Morgan fingerprint density at radius 1 is 1.33 bits per heavy atom. The largest absolute Gasteiger partial charge is 0.340 e. The van der Waals surface area contributed by atoms with E-state index in [1.165, 1.54) is 5.56 Å². The van der Waals surface area contributed by atoms with Gasteiger partial charge in [-0.25, -0.2) is 0 Å². The molecule has 2 N–H and O–H groups in total. The van der Waals surface area contributed by atoms with E-state index in [1.54, 1.807) is 11.9 Å². The summed E-state index contributed by atoms with van der Waals surface area (Å²) in [5.41, 5.74) is 8.48. The number of carbonyl (C=O) groups is 1. The fourth-order valence-electron chi connectivity index (χ4n) is 1.39. The van der Waals surface area contributed by atoms with Crippen LogP contribution in [0, 0.1) is 13.8 Å². The van der Waals surface area contributed by atoms with Crippen LogP contribution in [0.4, 0.5) is 0 Å². The lowest BCUT2D eigenvalue weighted by molar-refractivity contribution is 0.0799. The first-order chi connectivity index (χ1) is 7.06. The highest BCUT2D eigenvalue weighted by Gasteiger charge is 2.10. The number of aryl methyl sites for hydroxylation is 2. The summed E-state index contributed by atoms with van der Waals surface area (Å²) >= 11 is 0. The number of benzene rings is 1. The molecule has 0 unspecified atom stereocenters. The number of nitrogens with zero attached hydrogens (tertiary/aromatic N) is 1. The molecule has 3 heteroatoms. The summed E-state index contributed by atoms with van der Waals surface area (Å²) in [5.74, 6) is 0.0311. The van der Waals surface area contributed by atoms with E-state index in [9.17, 15) is 4.79 Å². The van der Waals surface area contributed by atoms with E-state index in [2.05, 4.69) is 0 Å². The Kier molecular flexibility index (Phi) is 3.86. The van der Waals surface area contributed by atoms with Gasteiger partial charge in [0.2, 0.25) is 0 Å². The van der Waals surface area contributed by atoms with Crippen molar-refractivity contribution in [2.75, 3.05) is 20.1 Å². The number of amides is 1. The quantitative estimate of drug-likeness (QED) is 0.811. The van der Waals surface area contributed by atoms with Crippen molar-refractivity contribution in [2.45, 2.75) is 13.8 Å². The second-order valence-corrected chi connectivity index (χ2v) is 3.81. The SMILES string of the molecule is Cc1ccc(C(=O)N(C)CCN)cc1C. The van der Waals surface area contributed by atoms with E-state index in [4.69, 9.17) is 5.73 Å².